The van der Waals surface area contributed by atoms with Gasteiger partial charge in [-0.15, -0.1) is 6.58 Å². The number of thioether (sulfide) groups is 1. The van der Waals surface area contributed by atoms with E-state index in [9.17, 15) is 8.78 Å². The predicted octanol–water partition coefficient (Wildman–Crippen LogP) is 3.42. The van der Waals surface area contributed by atoms with E-state index in [4.69, 9.17) is 9.15 Å². The molecule has 0 saturated heterocycles. The highest BCUT2D eigenvalue weighted by molar-refractivity contribution is 7.98. The van der Waals surface area contributed by atoms with Crippen molar-refractivity contribution in [2.45, 2.75) is 24.5 Å². The predicted molar refractivity (Wildman–Crippen MR) is 73.3 cm³/mol. The number of ether oxygens (including phenoxy) is 1. The first kappa shape index (κ1) is 16.2. The van der Waals surface area contributed by atoms with Gasteiger partial charge in [0, 0.05) is 6.54 Å². The highest BCUT2D eigenvalue weighted by Gasteiger charge is 2.06. The summed E-state index contributed by atoms with van der Waals surface area (Å²) < 4.78 is 34.7. The van der Waals surface area contributed by atoms with Crippen molar-refractivity contribution in [1.29, 1.82) is 0 Å². The lowest BCUT2D eigenvalue weighted by Gasteiger charge is -2.03. The lowest BCUT2D eigenvalue weighted by molar-refractivity contribution is 0.140. The summed E-state index contributed by atoms with van der Waals surface area (Å²) >= 11 is 0.562. The molecule has 0 saturated carbocycles. The van der Waals surface area contributed by atoms with Crippen molar-refractivity contribution in [3.8, 4) is 0 Å². The Labute approximate surface area is 116 Å². The van der Waals surface area contributed by atoms with Gasteiger partial charge in [0.25, 0.3) is 5.76 Å². The van der Waals surface area contributed by atoms with Gasteiger partial charge in [0.15, 0.2) is 0 Å². The van der Waals surface area contributed by atoms with Crippen LogP contribution in [0.2, 0.25) is 0 Å². The third-order valence-corrected chi connectivity index (χ3v) is 2.96. The van der Waals surface area contributed by atoms with E-state index in [0.29, 0.717) is 37.3 Å². The van der Waals surface area contributed by atoms with E-state index in [-0.39, 0.29) is 5.75 Å². The van der Waals surface area contributed by atoms with Gasteiger partial charge in [0.1, 0.15) is 11.5 Å². The minimum atomic E-state index is -2.36. The molecule has 1 N–H and O–H groups in total. The average molecular weight is 291 g/mol. The third-order valence-electron chi connectivity index (χ3n) is 2.26. The summed E-state index contributed by atoms with van der Waals surface area (Å²) in [4.78, 5) is 0. The van der Waals surface area contributed by atoms with Crippen LogP contribution in [0.15, 0.2) is 29.2 Å². The minimum Gasteiger partial charge on any atom is -0.464 e. The molecule has 0 fully saturated rings. The zero-order valence-electron chi connectivity index (χ0n) is 10.7. The second kappa shape index (κ2) is 10.00. The summed E-state index contributed by atoms with van der Waals surface area (Å²) in [5, 5.41) is 3.16. The first-order valence-corrected chi connectivity index (χ1v) is 7.14. The summed E-state index contributed by atoms with van der Waals surface area (Å²) in [5.41, 5.74) is 0. The Balaban J connectivity index is 2.07. The van der Waals surface area contributed by atoms with Gasteiger partial charge < -0.3 is 14.5 Å². The molecule has 0 radical (unpaired) electrons. The van der Waals surface area contributed by atoms with Gasteiger partial charge in [-0.2, -0.15) is 8.78 Å². The van der Waals surface area contributed by atoms with Gasteiger partial charge in [-0.3, -0.25) is 0 Å². The van der Waals surface area contributed by atoms with E-state index in [0.717, 1.165) is 18.7 Å². The van der Waals surface area contributed by atoms with E-state index in [1.54, 1.807) is 12.1 Å². The highest BCUT2D eigenvalue weighted by atomic mass is 32.2. The molecule has 108 valence electrons. The number of hydrogen-bond donors (Lipinski definition) is 1. The monoisotopic (exact) mass is 291 g/mol. The largest absolute Gasteiger partial charge is 0.464 e. The molecule has 0 aromatic carbocycles. The summed E-state index contributed by atoms with van der Waals surface area (Å²) in [6, 6.07) is 3.53. The normalized spacial score (nSPS) is 11.1. The highest BCUT2D eigenvalue weighted by Crippen LogP contribution is 2.21. The number of nitrogens with one attached hydrogen (secondary N) is 1. The van der Waals surface area contributed by atoms with Crippen LogP contribution in [0.3, 0.4) is 0 Å². The van der Waals surface area contributed by atoms with Crippen LogP contribution >= 0.6 is 11.8 Å². The summed E-state index contributed by atoms with van der Waals surface area (Å²) in [6.07, 6.45) is 2.67. The van der Waals surface area contributed by atoms with E-state index < -0.39 is 5.76 Å². The zero-order chi connectivity index (χ0) is 13.9. The van der Waals surface area contributed by atoms with Gasteiger partial charge in [-0.1, -0.05) is 17.8 Å². The van der Waals surface area contributed by atoms with Crippen molar-refractivity contribution in [2.24, 2.45) is 0 Å². The van der Waals surface area contributed by atoms with E-state index in [2.05, 4.69) is 11.9 Å². The molecule has 1 heterocycles. The van der Waals surface area contributed by atoms with Crippen molar-refractivity contribution in [2.75, 3.05) is 19.8 Å². The molecule has 6 heteroatoms. The van der Waals surface area contributed by atoms with Gasteiger partial charge in [-0.25, -0.2) is 0 Å². The first-order valence-electron chi connectivity index (χ1n) is 6.09. The number of furan rings is 1. The SMILES string of the molecule is C=CCCOCCNCc1ccc(CSC(F)F)o1. The number of rotatable bonds is 11. The van der Waals surface area contributed by atoms with E-state index in [1.807, 2.05) is 6.08 Å². The fourth-order valence-corrected chi connectivity index (χ4v) is 1.81. The molecule has 0 spiro atoms. The molecule has 0 aliphatic rings. The molecule has 0 unspecified atom stereocenters. The molecular weight excluding hydrogens is 272 g/mol. The Hall–Kier alpha value is -0.850. The molecule has 0 bridgehead atoms. The van der Waals surface area contributed by atoms with Crippen molar-refractivity contribution < 1.29 is 17.9 Å². The molecule has 3 nitrogen and oxygen atoms in total. The van der Waals surface area contributed by atoms with E-state index >= 15 is 0 Å². The van der Waals surface area contributed by atoms with Crippen LogP contribution in [-0.4, -0.2) is 25.5 Å². The van der Waals surface area contributed by atoms with Gasteiger partial charge >= 0.3 is 0 Å². The van der Waals surface area contributed by atoms with Gasteiger partial charge in [0.05, 0.1) is 25.5 Å². The standard InChI is InChI=1S/C13H19F2NO2S/c1-2-3-7-17-8-6-16-9-11-4-5-12(18-11)10-19-13(14)15/h2,4-5,13,16H,1,3,6-10H2. The Kier molecular flexibility index (Phi) is 8.53. The second-order valence-corrected chi connectivity index (χ2v) is 4.78. The van der Waals surface area contributed by atoms with Crippen molar-refractivity contribution in [3.05, 3.63) is 36.3 Å². The smallest absolute Gasteiger partial charge is 0.284 e. The van der Waals surface area contributed by atoms with Crippen molar-refractivity contribution in [3.63, 3.8) is 0 Å². The number of alkyl halides is 2. The summed E-state index contributed by atoms with van der Waals surface area (Å²) in [7, 11) is 0. The lowest BCUT2D eigenvalue weighted by Crippen LogP contribution is -2.19. The quantitative estimate of drug-likeness (QED) is 0.500. The zero-order valence-corrected chi connectivity index (χ0v) is 11.6. The average Bonchev–Trinajstić information content (AvgIpc) is 2.83. The molecule has 0 amide bonds. The number of hydrogen-bond acceptors (Lipinski definition) is 4. The fraction of sp³-hybridized carbons (Fsp3) is 0.538. The molecule has 0 atom stereocenters. The van der Waals surface area contributed by atoms with Crippen LogP contribution in [0.5, 0.6) is 0 Å². The van der Waals surface area contributed by atoms with Crippen LogP contribution in [-0.2, 0) is 17.0 Å². The molecule has 0 aliphatic heterocycles. The molecule has 1 aromatic heterocycles. The van der Waals surface area contributed by atoms with Gasteiger partial charge in [0.2, 0.25) is 0 Å². The van der Waals surface area contributed by atoms with Crippen LogP contribution in [0.25, 0.3) is 0 Å². The van der Waals surface area contributed by atoms with Crippen molar-refractivity contribution >= 4 is 11.8 Å². The Morgan fingerprint density at radius 3 is 2.89 bits per heavy atom. The third kappa shape index (κ3) is 8.02. The molecular formula is C13H19F2NO2S. The molecule has 19 heavy (non-hydrogen) atoms. The maximum absolute atomic E-state index is 12.0. The van der Waals surface area contributed by atoms with Gasteiger partial charge in [-0.05, 0) is 18.6 Å². The Morgan fingerprint density at radius 1 is 1.37 bits per heavy atom. The van der Waals surface area contributed by atoms with Crippen LogP contribution in [0, 0.1) is 0 Å². The lowest BCUT2D eigenvalue weighted by atomic mass is 10.4. The maximum atomic E-state index is 12.0. The topological polar surface area (TPSA) is 34.4 Å². The van der Waals surface area contributed by atoms with Crippen LogP contribution < -0.4 is 5.32 Å². The molecule has 1 rings (SSSR count). The Bertz CT molecular complexity index is 358. The second-order valence-electron chi connectivity index (χ2n) is 3.81. The molecule has 1 aromatic rings. The molecule has 0 aliphatic carbocycles. The maximum Gasteiger partial charge on any atom is 0.284 e. The van der Waals surface area contributed by atoms with Crippen LogP contribution in [0.4, 0.5) is 8.78 Å². The van der Waals surface area contributed by atoms with Crippen LogP contribution in [0.1, 0.15) is 17.9 Å². The minimum absolute atomic E-state index is 0.197. The fourth-order valence-electron chi connectivity index (χ4n) is 1.36. The Morgan fingerprint density at radius 2 is 2.16 bits per heavy atom. The number of halogens is 2. The summed E-state index contributed by atoms with van der Waals surface area (Å²) in [6.45, 7) is 6.21. The summed E-state index contributed by atoms with van der Waals surface area (Å²) in [5.74, 6) is -0.845. The first-order chi connectivity index (χ1) is 9.22. The van der Waals surface area contributed by atoms with Crippen molar-refractivity contribution in [1.82, 2.24) is 5.32 Å². The van der Waals surface area contributed by atoms with E-state index in [1.165, 1.54) is 0 Å².